The number of aromatic nitrogens is 1. The standard InChI is InChI=1S/C11H18N2O/c1-11(2,3)4-5-14-10-6-9(12)7-13-8-10/h6-8H,4-5,12H2,1-3H3. The first-order valence-corrected chi connectivity index (χ1v) is 4.81. The van der Waals surface area contributed by atoms with Crippen LogP contribution in [-0.2, 0) is 0 Å². The molecule has 78 valence electrons. The van der Waals surface area contributed by atoms with Crippen molar-refractivity contribution < 1.29 is 4.74 Å². The summed E-state index contributed by atoms with van der Waals surface area (Å²) in [5, 5.41) is 0. The summed E-state index contributed by atoms with van der Waals surface area (Å²) < 4.78 is 5.52. The molecule has 14 heavy (non-hydrogen) atoms. The van der Waals surface area contributed by atoms with Gasteiger partial charge < -0.3 is 10.5 Å². The molecule has 0 aliphatic rings. The van der Waals surface area contributed by atoms with Gasteiger partial charge in [-0.3, -0.25) is 4.98 Å². The van der Waals surface area contributed by atoms with Gasteiger partial charge in [0.15, 0.2) is 0 Å². The quantitative estimate of drug-likeness (QED) is 0.804. The fourth-order valence-corrected chi connectivity index (χ4v) is 0.990. The Hall–Kier alpha value is -1.25. The largest absolute Gasteiger partial charge is 0.492 e. The van der Waals surface area contributed by atoms with Crippen LogP contribution < -0.4 is 10.5 Å². The third kappa shape index (κ3) is 4.12. The number of ether oxygens (including phenoxy) is 1. The third-order valence-corrected chi connectivity index (χ3v) is 1.86. The van der Waals surface area contributed by atoms with Gasteiger partial charge in [0.05, 0.1) is 24.7 Å². The van der Waals surface area contributed by atoms with Crippen LogP contribution in [0, 0.1) is 5.41 Å². The lowest BCUT2D eigenvalue weighted by molar-refractivity contribution is 0.242. The van der Waals surface area contributed by atoms with Crippen LogP contribution in [0.2, 0.25) is 0 Å². The number of pyridine rings is 1. The van der Waals surface area contributed by atoms with E-state index < -0.39 is 0 Å². The molecule has 1 rings (SSSR count). The second-order valence-corrected chi connectivity index (χ2v) is 4.61. The molecule has 0 unspecified atom stereocenters. The molecular formula is C11H18N2O. The van der Waals surface area contributed by atoms with Crippen molar-refractivity contribution in [2.45, 2.75) is 27.2 Å². The van der Waals surface area contributed by atoms with E-state index in [0.717, 1.165) is 12.2 Å². The fraction of sp³-hybridized carbons (Fsp3) is 0.545. The van der Waals surface area contributed by atoms with E-state index in [-0.39, 0.29) is 0 Å². The second kappa shape index (κ2) is 4.31. The summed E-state index contributed by atoms with van der Waals surface area (Å²) in [6.45, 7) is 7.27. The molecule has 0 saturated carbocycles. The van der Waals surface area contributed by atoms with E-state index >= 15 is 0 Å². The van der Waals surface area contributed by atoms with Gasteiger partial charge in [0.1, 0.15) is 5.75 Å². The summed E-state index contributed by atoms with van der Waals surface area (Å²) in [6.07, 6.45) is 4.30. The first-order chi connectivity index (χ1) is 6.47. The van der Waals surface area contributed by atoms with Crippen LogP contribution in [0.25, 0.3) is 0 Å². The molecule has 1 aromatic rings. The molecule has 0 bridgehead atoms. The van der Waals surface area contributed by atoms with E-state index in [1.54, 1.807) is 18.5 Å². The smallest absolute Gasteiger partial charge is 0.139 e. The van der Waals surface area contributed by atoms with Crippen LogP contribution in [0.3, 0.4) is 0 Å². The zero-order valence-corrected chi connectivity index (χ0v) is 9.08. The summed E-state index contributed by atoms with van der Waals surface area (Å²) >= 11 is 0. The van der Waals surface area contributed by atoms with E-state index in [0.29, 0.717) is 17.7 Å². The first kappa shape index (κ1) is 10.8. The Morgan fingerprint density at radius 3 is 2.64 bits per heavy atom. The van der Waals surface area contributed by atoms with Gasteiger partial charge in [-0.25, -0.2) is 0 Å². The van der Waals surface area contributed by atoms with Gasteiger partial charge in [0.2, 0.25) is 0 Å². The van der Waals surface area contributed by atoms with Crippen LogP contribution >= 0.6 is 0 Å². The monoisotopic (exact) mass is 194 g/mol. The van der Waals surface area contributed by atoms with Gasteiger partial charge in [0.25, 0.3) is 0 Å². The molecule has 1 heterocycles. The molecule has 0 aliphatic heterocycles. The number of hydrogen-bond donors (Lipinski definition) is 1. The molecule has 0 radical (unpaired) electrons. The Morgan fingerprint density at radius 1 is 1.36 bits per heavy atom. The highest BCUT2D eigenvalue weighted by atomic mass is 16.5. The van der Waals surface area contributed by atoms with Crippen LogP contribution in [0.4, 0.5) is 5.69 Å². The highest BCUT2D eigenvalue weighted by Crippen LogP contribution is 2.19. The zero-order chi connectivity index (χ0) is 10.6. The lowest BCUT2D eigenvalue weighted by Crippen LogP contribution is -2.11. The number of hydrogen-bond acceptors (Lipinski definition) is 3. The normalized spacial score (nSPS) is 11.4. The van der Waals surface area contributed by atoms with Crippen LogP contribution in [0.1, 0.15) is 27.2 Å². The fourth-order valence-electron chi connectivity index (χ4n) is 0.990. The maximum absolute atomic E-state index is 5.57. The van der Waals surface area contributed by atoms with Gasteiger partial charge in [-0.1, -0.05) is 20.8 Å². The molecule has 0 atom stereocenters. The minimum absolute atomic E-state index is 0.299. The van der Waals surface area contributed by atoms with E-state index in [1.807, 2.05) is 0 Å². The predicted molar refractivity (Wildman–Crippen MR) is 58.2 cm³/mol. The van der Waals surface area contributed by atoms with Crippen molar-refractivity contribution in [2.24, 2.45) is 5.41 Å². The molecule has 1 aromatic heterocycles. The highest BCUT2D eigenvalue weighted by Gasteiger charge is 2.09. The van der Waals surface area contributed by atoms with E-state index in [9.17, 15) is 0 Å². The molecule has 3 nitrogen and oxygen atoms in total. The average Bonchev–Trinajstić information content (AvgIpc) is 2.01. The molecule has 0 saturated heterocycles. The Morgan fingerprint density at radius 2 is 2.07 bits per heavy atom. The minimum Gasteiger partial charge on any atom is -0.492 e. The van der Waals surface area contributed by atoms with Gasteiger partial charge in [-0.2, -0.15) is 0 Å². The summed E-state index contributed by atoms with van der Waals surface area (Å²) in [4.78, 5) is 3.95. The molecule has 0 spiro atoms. The SMILES string of the molecule is CC(C)(C)CCOc1cncc(N)c1. The number of rotatable bonds is 3. The third-order valence-electron chi connectivity index (χ3n) is 1.86. The molecular weight excluding hydrogens is 176 g/mol. The van der Waals surface area contributed by atoms with Gasteiger partial charge in [-0.15, -0.1) is 0 Å². The molecule has 0 fully saturated rings. The van der Waals surface area contributed by atoms with Gasteiger partial charge in [0, 0.05) is 6.07 Å². The molecule has 3 heteroatoms. The van der Waals surface area contributed by atoms with Crippen molar-refractivity contribution >= 4 is 5.69 Å². The van der Waals surface area contributed by atoms with Crippen molar-refractivity contribution in [3.05, 3.63) is 18.5 Å². The van der Waals surface area contributed by atoms with E-state index in [2.05, 4.69) is 25.8 Å². The van der Waals surface area contributed by atoms with Crippen molar-refractivity contribution in [2.75, 3.05) is 12.3 Å². The van der Waals surface area contributed by atoms with Crippen LogP contribution in [-0.4, -0.2) is 11.6 Å². The van der Waals surface area contributed by atoms with Crippen molar-refractivity contribution in [1.82, 2.24) is 4.98 Å². The predicted octanol–water partition coefficient (Wildman–Crippen LogP) is 2.48. The van der Waals surface area contributed by atoms with Crippen LogP contribution in [0.5, 0.6) is 5.75 Å². The van der Waals surface area contributed by atoms with Crippen molar-refractivity contribution in [3.8, 4) is 5.75 Å². The van der Waals surface area contributed by atoms with Crippen molar-refractivity contribution in [1.29, 1.82) is 0 Å². The van der Waals surface area contributed by atoms with Gasteiger partial charge >= 0.3 is 0 Å². The summed E-state index contributed by atoms with van der Waals surface area (Å²) in [5.74, 6) is 0.745. The highest BCUT2D eigenvalue weighted by molar-refractivity contribution is 5.39. The Kier molecular flexibility index (Phi) is 3.33. The maximum Gasteiger partial charge on any atom is 0.139 e. The van der Waals surface area contributed by atoms with E-state index in [4.69, 9.17) is 10.5 Å². The summed E-state index contributed by atoms with van der Waals surface area (Å²) in [7, 11) is 0. The molecule has 2 N–H and O–H groups in total. The number of nitrogens with zero attached hydrogens (tertiary/aromatic N) is 1. The lowest BCUT2D eigenvalue weighted by Gasteiger charge is -2.17. The Balaban J connectivity index is 2.39. The van der Waals surface area contributed by atoms with Crippen LogP contribution in [0.15, 0.2) is 18.5 Å². The first-order valence-electron chi connectivity index (χ1n) is 4.81. The zero-order valence-electron chi connectivity index (χ0n) is 9.08. The maximum atomic E-state index is 5.57. The molecule has 0 amide bonds. The summed E-state index contributed by atoms with van der Waals surface area (Å²) in [6, 6.07) is 1.79. The number of nitrogen functional groups attached to an aromatic ring is 1. The molecule has 0 aliphatic carbocycles. The molecule has 0 aromatic carbocycles. The topological polar surface area (TPSA) is 48.1 Å². The second-order valence-electron chi connectivity index (χ2n) is 4.61. The lowest BCUT2D eigenvalue weighted by atomic mass is 9.93. The average molecular weight is 194 g/mol. The van der Waals surface area contributed by atoms with Gasteiger partial charge in [-0.05, 0) is 11.8 Å². The Labute approximate surface area is 85.3 Å². The number of nitrogens with two attached hydrogens (primary N) is 1. The van der Waals surface area contributed by atoms with Crippen molar-refractivity contribution in [3.63, 3.8) is 0 Å². The minimum atomic E-state index is 0.299. The Bertz CT molecular complexity index is 292. The van der Waals surface area contributed by atoms with E-state index in [1.165, 1.54) is 0 Å². The number of anilines is 1. The summed E-state index contributed by atoms with van der Waals surface area (Å²) in [5.41, 5.74) is 6.51.